The summed E-state index contributed by atoms with van der Waals surface area (Å²) in [7, 11) is 0. The molecule has 0 aliphatic rings. The summed E-state index contributed by atoms with van der Waals surface area (Å²) in [6.45, 7) is 0. The van der Waals surface area contributed by atoms with Crippen molar-refractivity contribution in [2.24, 2.45) is 0 Å². The third kappa shape index (κ3) is 3.07. The van der Waals surface area contributed by atoms with E-state index < -0.39 is 29.3 Å². The molecule has 0 fully saturated rings. The highest BCUT2D eigenvalue weighted by Crippen LogP contribution is 2.31. The molecule has 3 rings (SSSR count). The van der Waals surface area contributed by atoms with Crippen LogP contribution in [0.25, 0.3) is 10.2 Å². The normalized spacial score (nSPS) is 11.7. The van der Waals surface area contributed by atoms with Crippen molar-refractivity contribution in [1.29, 1.82) is 0 Å². The molecule has 0 bridgehead atoms. The van der Waals surface area contributed by atoms with E-state index >= 15 is 0 Å². The number of thiazole rings is 1. The number of carbonyl (C=O) groups is 1. The zero-order chi connectivity index (χ0) is 17.5. The van der Waals surface area contributed by atoms with Gasteiger partial charge in [-0.3, -0.25) is 10.1 Å². The molecular formula is C15H7F5N2OS. The Kier molecular flexibility index (Phi) is 3.96. The van der Waals surface area contributed by atoms with Crippen molar-refractivity contribution in [3.8, 4) is 0 Å². The first-order valence-corrected chi connectivity index (χ1v) is 7.30. The van der Waals surface area contributed by atoms with Crippen LogP contribution < -0.4 is 5.32 Å². The zero-order valence-electron chi connectivity index (χ0n) is 11.6. The van der Waals surface area contributed by atoms with Crippen molar-refractivity contribution in [2.45, 2.75) is 6.18 Å². The second kappa shape index (κ2) is 5.82. The maximum absolute atomic E-state index is 13.6. The van der Waals surface area contributed by atoms with Crippen LogP contribution in [-0.2, 0) is 6.18 Å². The van der Waals surface area contributed by atoms with Crippen molar-refractivity contribution in [3.63, 3.8) is 0 Å². The summed E-state index contributed by atoms with van der Waals surface area (Å²) in [5.74, 6) is -2.98. The summed E-state index contributed by atoms with van der Waals surface area (Å²) in [6, 6.07) is 5.98. The smallest absolute Gasteiger partial charge is 0.298 e. The fourth-order valence-corrected chi connectivity index (χ4v) is 2.88. The molecule has 0 saturated carbocycles. The monoisotopic (exact) mass is 358 g/mol. The second-order valence-electron chi connectivity index (χ2n) is 4.76. The Labute approximate surface area is 135 Å². The summed E-state index contributed by atoms with van der Waals surface area (Å²) in [4.78, 5) is 16.0. The topological polar surface area (TPSA) is 42.0 Å². The molecule has 0 aliphatic carbocycles. The Morgan fingerprint density at radius 1 is 1.12 bits per heavy atom. The average Bonchev–Trinajstić information content (AvgIpc) is 2.94. The molecular weight excluding hydrogens is 351 g/mol. The van der Waals surface area contributed by atoms with Crippen LogP contribution in [0, 0.1) is 11.6 Å². The number of amides is 1. The van der Waals surface area contributed by atoms with Gasteiger partial charge in [0, 0.05) is 5.56 Å². The Morgan fingerprint density at radius 2 is 1.88 bits per heavy atom. The van der Waals surface area contributed by atoms with E-state index in [0.29, 0.717) is 17.4 Å². The Bertz CT molecular complexity index is 935. The van der Waals surface area contributed by atoms with E-state index in [2.05, 4.69) is 10.3 Å². The molecule has 1 heterocycles. The number of alkyl halides is 3. The van der Waals surface area contributed by atoms with Crippen LogP contribution in [-0.4, -0.2) is 10.9 Å². The van der Waals surface area contributed by atoms with Gasteiger partial charge in [0.05, 0.1) is 15.8 Å². The number of nitrogens with one attached hydrogen (secondary N) is 1. The van der Waals surface area contributed by atoms with Crippen molar-refractivity contribution in [3.05, 3.63) is 59.2 Å². The SMILES string of the molecule is O=C(Nc1nc2ccc(F)c(F)c2s1)c1cccc(C(F)(F)F)c1. The van der Waals surface area contributed by atoms with Gasteiger partial charge in [0.15, 0.2) is 16.8 Å². The molecule has 3 nitrogen and oxygen atoms in total. The Hall–Kier alpha value is -2.55. The van der Waals surface area contributed by atoms with Gasteiger partial charge in [0.2, 0.25) is 0 Å². The lowest BCUT2D eigenvalue weighted by Gasteiger charge is -2.08. The summed E-state index contributed by atoms with van der Waals surface area (Å²) < 4.78 is 64.7. The highest BCUT2D eigenvalue weighted by molar-refractivity contribution is 7.22. The predicted octanol–water partition coefficient (Wildman–Crippen LogP) is 4.85. The third-order valence-electron chi connectivity index (χ3n) is 3.12. The minimum absolute atomic E-state index is 0.0445. The van der Waals surface area contributed by atoms with Crippen LogP contribution in [0.3, 0.4) is 0 Å². The van der Waals surface area contributed by atoms with E-state index in [0.717, 1.165) is 18.2 Å². The molecule has 9 heteroatoms. The van der Waals surface area contributed by atoms with Gasteiger partial charge in [0.25, 0.3) is 5.91 Å². The van der Waals surface area contributed by atoms with Gasteiger partial charge in [-0.05, 0) is 30.3 Å². The molecule has 0 aliphatic heterocycles. The number of halogens is 5. The molecule has 124 valence electrons. The molecule has 0 spiro atoms. The van der Waals surface area contributed by atoms with Crippen LogP contribution in [0.2, 0.25) is 0 Å². The lowest BCUT2D eigenvalue weighted by molar-refractivity contribution is -0.137. The maximum Gasteiger partial charge on any atom is 0.416 e. The number of rotatable bonds is 2. The van der Waals surface area contributed by atoms with E-state index in [1.165, 1.54) is 12.1 Å². The Morgan fingerprint density at radius 3 is 2.58 bits per heavy atom. The van der Waals surface area contributed by atoms with Crippen LogP contribution in [0.4, 0.5) is 27.1 Å². The fourth-order valence-electron chi connectivity index (χ4n) is 2.00. The lowest BCUT2D eigenvalue weighted by Crippen LogP contribution is -2.13. The summed E-state index contributed by atoms with van der Waals surface area (Å²) in [5.41, 5.74) is -1.05. The molecule has 0 unspecified atom stereocenters. The summed E-state index contributed by atoms with van der Waals surface area (Å²) in [5, 5.41) is 2.24. The van der Waals surface area contributed by atoms with Gasteiger partial charge in [0.1, 0.15) is 0 Å². The fraction of sp³-hybridized carbons (Fsp3) is 0.0667. The molecule has 0 atom stereocenters. The van der Waals surface area contributed by atoms with Gasteiger partial charge >= 0.3 is 6.18 Å². The number of nitrogens with zero attached hydrogens (tertiary/aromatic N) is 1. The van der Waals surface area contributed by atoms with Crippen molar-refractivity contribution >= 4 is 32.6 Å². The summed E-state index contributed by atoms with van der Waals surface area (Å²) >= 11 is 0.691. The Balaban J connectivity index is 1.89. The highest BCUT2D eigenvalue weighted by atomic mass is 32.1. The van der Waals surface area contributed by atoms with Gasteiger partial charge in [-0.1, -0.05) is 17.4 Å². The van der Waals surface area contributed by atoms with Crippen LogP contribution >= 0.6 is 11.3 Å². The second-order valence-corrected chi connectivity index (χ2v) is 5.76. The molecule has 24 heavy (non-hydrogen) atoms. The number of carbonyl (C=O) groups excluding carboxylic acids is 1. The molecule has 1 N–H and O–H groups in total. The quantitative estimate of drug-likeness (QED) is 0.666. The van der Waals surface area contributed by atoms with Gasteiger partial charge in [-0.2, -0.15) is 13.2 Å². The summed E-state index contributed by atoms with van der Waals surface area (Å²) in [6.07, 6.45) is -4.58. The van der Waals surface area contributed by atoms with Crippen LogP contribution in [0.1, 0.15) is 15.9 Å². The first kappa shape index (κ1) is 16.3. The number of hydrogen-bond acceptors (Lipinski definition) is 3. The number of aromatic nitrogens is 1. The van der Waals surface area contributed by atoms with E-state index in [1.54, 1.807) is 0 Å². The number of fused-ring (bicyclic) bond motifs is 1. The van der Waals surface area contributed by atoms with E-state index in [4.69, 9.17) is 0 Å². The minimum atomic E-state index is -4.58. The number of benzene rings is 2. The van der Waals surface area contributed by atoms with E-state index in [9.17, 15) is 26.7 Å². The van der Waals surface area contributed by atoms with Gasteiger partial charge < -0.3 is 0 Å². The third-order valence-corrected chi connectivity index (χ3v) is 4.10. The first-order valence-electron chi connectivity index (χ1n) is 6.49. The molecule has 0 saturated heterocycles. The predicted molar refractivity (Wildman–Crippen MR) is 78.9 cm³/mol. The van der Waals surface area contributed by atoms with Gasteiger partial charge in [-0.25, -0.2) is 13.8 Å². The molecule has 1 amide bonds. The molecule has 3 aromatic rings. The van der Waals surface area contributed by atoms with E-state index in [1.807, 2.05) is 0 Å². The standard InChI is InChI=1S/C15H7F5N2OS/c16-9-4-5-10-12(11(9)17)24-14(21-10)22-13(23)7-2-1-3-8(6-7)15(18,19)20/h1-6H,(H,21,22,23). The largest absolute Gasteiger partial charge is 0.416 e. The molecule has 2 aromatic carbocycles. The van der Waals surface area contributed by atoms with Crippen molar-refractivity contribution in [2.75, 3.05) is 5.32 Å². The first-order chi connectivity index (χ1) is 11.3. The van der Waals surface area contributed by atoms with Crippen molar-refractivity contribution in [1.82, 2.24) is 4.98 Å². The van der Waals surface area contributed by atoms with E-state index in [-0.39, 0.29) is 20.9 Å². The minimum Gasteiger partial charge on any atom is -0.298 e. The molecule has 1 aromatic heterocycles. The molecule has 0 radical (unpaired) electrons. The zero-order valence-corrected chi connectivity index (χ0v) is 12.4. The van der Waals surface area contributed by atoms with Gasteiger partial charge in [-0.15, -0.1) is 0 Å². The van der Waals surface area contributed by atoms with Crippen molar-refractivity contribution < 1.29 is 26.7 Å². The lowest BCUT2D eigenvalue weighted by atomic mass is 10.1. The maximum atomic E-state index is 13.6. The number of hydrogen-bond donors (Lipinski definition) is 1. The number of anilines is 1. The van der Waals surface area contributed by atoms with Crippen LogP contribution in [0.15, 0.2) is 36.4 Å². The average molecular weight is 358 g/mol. The highest BCUT2D eigenvalue weighted by Gasteiger charge is 2.31. The van der Waals surface area contributed by atoms with Crippen LogP contribution in [0.5, 0.6) is 0 Å².